The Balaban J connectivity index is 2.87. The molecule has 0 saturated heterocycles. The Labute approximate surface area is 108 Å². The fourth-order valence-corrected chi connectivity index (χ4v) is 1.44. The predicted molar refractivity (Wildman–Crippen MR) is 63.8 cm³/mol. The van der Waals surface area contributed by atoms with Gasteiger partial charge in [0.2, 0.25) is 5.91 Å². The van der Waals surface area contributed by atoms with E-state index in [9.17, 15) is 18.8 Å². The molecule has 0 unspecified atom stereocenters. The van der Waals surface area contributed by atoms with Crippen molar-refractivity contribution < 1.29 is 23.9 Å². The fourth-order valence-electron chi connectivity index (χ4n) is 1.44. The first-order valence-electron chi connectivity index (χ1n) is 5.39. The zero-order chi connectivity index (χ0) is 14.6. The Morgan fingerprint density at radius 1 is 1.42 bits per heavy atom. The highest BCUT2D eigenvalue weighted by Crippen LogP contribution is 2.10. The lowest BCUT2D eigenvalue weighted by molar-refractivity contribution is -0.140. The van der Waals surface area contributed by atoms with Gasteiger partial charge in [-0.1, -0.05) is 6.07 Å². The molecule has 1 rings (SSSR count). The van der Waals surface area contributed by atoms with Gasteiger partial charge in [-0.15, -0.1) is 0 Å². The number of hydrogen-bond acceptors (Lipinski definition) is 3. The van der Waals surface area contributed by atoms with Crippen LogP contribution in [0.5, 0.6) is 0 Å². The van der Waals surface area contributed by atoms with Crippen LogP contribution in [-0.4, -0.2) is 28.9 Å². The number of amides is 2. The van der Waals surface area contributed by atoms with Crippen LogP contribution in [0.3, 0.4) is 0 Å². The second-order valence-electron chi connectivity index (χ2n) is 4.02. The van der Waals surface area contributed by atoms with Crippen LogP contribution < -0.4 is 11.1 Å². The number of carbonyl (C=O) groups is 3. The SMILES string of the molecule is Cc1ccc(C(=O)N[C@H](CC(N)=O)C(=O)O)c(F)c1. The first-order valence-corrected chi connectivity index (χ1v) is 5.39. The van der Waals surface area contributed by atoms with Crippen LogP contribution in [0, 0.1) is 12.7 Å². The molecule has 4 N–H and O–H groups in total. The van der Waals surface area contributed by atoms with Crippen LogP contribution in [0.15, 0.2) is 18.2 Å². The van der Waals surface area contributed by atoms with Crippen molar-refractivity contribution >= 4 is 17.8 Å². The van der Waals surface area contributed by atoms with Crippen molar-refractivity contribution in [2.45, 2.75) is 19.4 Å². The van der Waals surface area contributed by atoms with Gasteiger partial charge in [-0.3, -0.25) is 9.59 Å². The molecule has 0 spiro atoms. The smallest absolute Gasteiger partial charge is 0.326 e. The Bertz CT molecular complexity index is 530. The number of rotatable bonds is 5. The summed E-state index contributed by atoms with van der Waals surface area (Å²) >= 11 is 0. The molecule has 1 aromatic rings. The van der Waals surface area contributed by atoms with Crippen molar-refractivity contribution in [2.75, 3.05) is 0 Å². The number of nitrogens with two attached hydrogens (primary N) is 1. The Hall–Kier alpha value is -2.44. The van der Waals surface area contributed by atoms with Gasteiger partial charge < -0.3 is 16.2 Å². The van der Waals surface area contributed by atoms with Crippen molar-refractivity contribution in [2.24, 2.45) is 5.73 Å². The van der Waals surface area contributed by atoms with Crippen molar-refractivity contribution in [3.05, 3.63) is 35.1 Å². The highest BCUT2D eigenvalue weighted by atomic mass is 19.1. The Morgan fingerprint density at radius 3 is 2.53 bits per heavy atom. The molecular weight excluding hydrogens is 255 g/mol. The number of carboxylic acids is 1. The summed E-state index contributed by atoms with van der Waals surface area (Å²) in [6.07, 6.45) is -0.561. The second-order valence-corrected chi connectivity index (χ2v) is 4.02. The Kier molecular flexibility index (Phi) is 4.57. The van der Waals surface area contributed by atoms with Gasteiger partial charge in [0.05, 0.1) is 12.0 Å². The van der Waals surface area contributed by atoms with Crippen LogP contribution in [0.25, 0.3) is 0 Å². The van der Waals surface area contributed by atoms with E-state index >= 15 is 0 Å². The van der Waals surface area contributed by atoms with Gasteiger partial charge in [0.25, 0.3) is 5.91 Å². The number of benzene rings is 1. The van der Waals surface area contributed by atoms with Crippen molar-refractivity contribution in [1.29, 1.82) is 0 Å². The number of carbonyl (C=O) groups excluding carboxylic acids is 2. The lowest BCUT2D eigenvalue weighted by Crippen LogP contribution is -2.43. The van der Waals surface area contributed by atoms with Gasteiger partial charge in [-0.05, 0) is 24.6 Å². The number of aryl methyl sites for hydroxylation is 1. The lowest BCUT2D eigenvalue weighted by atomic mass is 10.1. The highest BCUT2D eigenvalue weighted by Gasteiger charge is 2.23. The number of hydrogen-bond donors (Lipinski definition) is 3. The normalized spacial score (nSPS) is 11.7. The minimum Gasteiger partial charge on any atom is -0.480 e. The summed E-state index contributed by atoms with van der Waals surface area (Å²) in [6, 6.07) is 2.43. The lowest BCUT2D eigenvalue weighted by Gasteiger charge is -2.13. The van der Waals surface area contributed by atoms with Crippen LogP contribution >= 0.6 is 0 Å². The van der Waals surface area contributed by atoms with E-state index in [1.54, 1.807) is 6.92 Å². The maximum atomic E-state index is 13.5. The van der Waals surface area contributed by atoms with Gasteiger partial charge in [-0.25, -0.2) is 9.18 Å². The van der Waals surface area contributed by atoms with Gasteiger partial charge in [-0.2, -0.15) is 0 Å². The van der Waals surface area contributed by atoms with E-state index in [4.69, 9.17) is 10.8 Å². The van der Waals surface area contributed by atoms with E-state index < -0.39 is 36.1 Å². The molecule has 1 atom stereocenters. The molecule has 0 radical (unpaired) electrons. The molecule has 1 aromatic carbocycles. The summed E-state index contributed by atoms with van der Waals surface area (Å²) in [7, 11) is 0. The molecule has 0 aliphatic carbocycles. The summed E-state index contributed by atoms with van der Waals surface area (Å²) in [6.45, 7) is 1.65. The molecule has 0 aliphatic heterocycles. The minimum atomic E-state index is -1.48. The van der Waals surface area contributed by atoms with Gasteiger partial charge in [0, 0.05) is 0 Å². The van der Waals surface area contributed by atoms with Crippen LogP contribution in [0.4, 0.5) is 4.39 Å². The fraction of sp³-hybridized carbons (Fsp3) is 0.250. The number of carboxylic acid groups (broad SMARTS) is 1. The molecule has 2 amide bonds. The van der Waals surface area contributed by atoms with Gasteiger partial charge >= 0.3 is 5.97 Å². The summed E-state index contributed by atoms with van der Waals surface area (Å²) < 4.78 is 13.5. The van der Waals surface area contributed by atoms with E-state index in [0.717, 1.165) is 6.07 Å². The number of halogens is 1. The van der Waals surface area contributed by atoms with E-state index in [-0.39, 0.29) is 5.56 Å². The highest BCUT2D eigenvalue weighted by molar-refractivity contribution is 5.97. The molecule has 0 heterocycles. The standard InChI is InChI=1S/C12H13FN2O4/c1-6-2-3-7(8(13)4-6)11(17)15-9(12(18)19)5-10(14)16/h2-4,9H,5H2,1H3,(H2,14,16)(H,15,17)(H,18,19)/t9-/m1/s1. The largest absolute Gasteiger partial charge is 0.480 e. The quantitative estimate of drug-likeness (QED) is 0.708. The molecule has 0 bridgehead atoms. The van der Waals surface area contributed by atoms with Crippen molar-refractivity contribution in [3.63, 3.8) is 0 Å². The number of primary amides is 1. The summed E-state index contributed by atoms with van der Waals surface area (Å²) in [5, 5.41) is 10.9. The van der Waals surface area contributed by atoms with E-state index in [1.807, 2.05) is 5.32 Å². The van der Waals surface area contributed by atoms with E-state index in [0.29, 0.717) is 5.56 Å². The Morgan fingerprint density at radius 2 is 2.05 bits per heavy atom. The number of nitrogens with one attached hydrogen (secondary N) is 1. The van der Waals surface area contributed by atoms with Gasteiger partial charge in [0.1, 0.15) is 11.9 Å². The third-order valence-electron chi connectivity index (χ3n) is 2.38. The third kappa shape index (κ3) is 4.06. The first-order chi connectivity index (χ1) is 8.81. The molecule has 0 saturated carbocycles. The molecule has 0 aromatic heterocycles. The molecule has 0 aliphatic rings. The zero-order valence-electron chi connectivity index (χ0n) is 10.1. The van der Waals surface area contributed by atoms with Crippen LogP contribution in [-0.2, 0) is 9.59 Å². The topological polar surface area (TPSA) is 109 Å². The molecular formula is C12H13FN2O4. The van der Waals surface area contributed by atoms with Crippen molar-refractivity contribution in [3.8, 4) is 0 Å². The predicted octanol–water partition coefficient (Wildman–Crippen LogP) is 0.193. The van der Waals surface area contributed by atoms with E-state index in [2.05, 4.69) is 0 Å². The molecule has 19 heavy (non-hydrogen) atoms. The zero-order valence-corrected chi connectivity index (χ0v) is 10.1. The third-order valence-corrected chi connectivity index (χ3v) is 2.38. The van der Waals surface area contributed by atoms with Crippen molar-refractivity contribution in [1.82, 2.24) is 5.32 Å². The van der Waals surface area contributed by atoms with E-state index in [1.165, 1.54) is 12.1 Å². The summed E-state index contributed by atoms with van der Waals surface area (Å²) in [5.41, 5.74) is 5.20. The first kappa shape index (κ1) is 14.6. The average molecular weight is 268 g/mol. The van der Waals surface area contributed by atoms with Gasteiger partial charge in [0.15, 0.2) is 0 Å². The summed E-state index contributed by atoms with van der Waals surface area (Å²) in [4.78, 5) is 33.2. The monoisotopic (exact) mass is 268 g/mol. The molecule has 102 valence electrons. The second kappa shape index (κ2) is 5.94. The molecule has 6 nitrogen and oxygen atoms in total. The van der Waals surface area contributed by atoms with Crippen LogP contribution in [0.2, 0.25) is 0 Å². The number of aliphatic carboxylic acids is 1. The maximum absolute atomic E-state index is 13.5. The minimum absolute atomic E-state index is 0.290. The molecule has 7 heteroatoms. The summed E-state index contributed by atoms with van der Waals surface area (Å²) in [5.74, 6) is -3.97. The maximum Gasteiger partial charge on any atom is 0.326 e. The molecule has 0 fully saturated rings. The van der Waals surface area contributed by atoms with Crippen LogP contribution in [0.1, 0.15) is 22.3 Å². The average Bonchev–Trinajstić information content (AvgIpc) is 2.26.